The van der Waals surface area contributed by atoms with Crippen molar-refractivity contribution in [1.82, 2.24) is 0 Å². The average molecular weight is 368 g/mol. The number of benzene rings is 1. The maximum absolute atomic E-state index is 11.9. The van der Waals surface area contributed by atoms with Gasteiger partial charge in [0.2, 0.25) is 5.91 Å². The van der Waals surface area contributed by atoms with Crippen molar-refractivity contribution in [3.63, 3.8) is 0 Å². The van der Waals surface area contributed by atoms with Gasteiger partial charge in [0.1, 0.15) is 5.75 Å². The molecule has 0 aliphatic carbocycles. The molecule has 1 amide bonds. The average Bonchev–Trinajstić information content (AvgIpc) is 2.39. The van der Waals surface area contributed by atoms with Crippen molar-refractivity contribution in [2.24, 2.45) is 5.73 Å². The minimum absolute atomic E-state index is 0. The Morgan fingerprint density at radius 3 is 2.75 bits per heavy atom. The van der Waals surface area contributed by atoms with Crippen LogP contribution in [0, 0.1) is 0 Å². The van der Waals surface area contributed by atoms with E-state index in [4.69, 9.17) is 15.2 Å². The number of hydrogen-bond donors (Lipinski definition) is 2. The van der Waals surface area contributed by atoms with Crippen LogP contribution in [0.3, 0.4) is 0 Å². The van der Waals surface area contributed by atoms with Gasteiger partial charge in [-0.15, -0.1) is 12.4 Å². The van der Waals surface area contributed by atoms with E-state index in [-0.39, 0.29) is 30.8 Å². The van der Waals surface area contributed by atoms with Crippen molar-refractivity contribution in [3.8, 4) is 5.75 Å². The summed E-state index contributed by atoms with van der Waals surface area (Å²) in [5.74, 6) is 0.479. The van der Waals surface area contributed by atoms with Crippen molar-refractivity contribution in [1.29, 1.82) is 0 Å². The lowest BCUT2D eigenvalue weighted by Crippen LogP contribution is -2.28. The van der Waals surface area contributed by atoms with Gasteiger partial charge in [0, 0.05) is 18.1 Å². The number of nitrogens with one attached hydrogen (secondary N) is 1. The molecular weight excluding hydrogens is 348 g/mol. The largest absolute Gasteiger partial charge is 0.492 e. The van der Waals surface area contributed by atoms with E-state index in [0.29, 0.717) is 24.6 Å². The molecule has 1 aromatic rings. The van der Waals surface area contributed by atoms with Crippen molar-refractivity contribution < 1.29 is 14.3 Å². The minimum atomic E-state index is -0.272. The van der Waals surface area contributed by atoms with Crippen LogP contribution in [0.5, 0.6) is 5.75 Å². The predicted molar refractivity (Wildman–Crippen MR) is 85.7 cm³/mol. The highest BCUT2D eigenvalue weighted by molar-refractivity contribution is 9.10. The number of halogens is 2. The van der Waals surface area contributed by atoms with Crippen molar-refractivity contribution in [2.45, 2.75) is 19.4 Å². The highest BCUT2D eigenvalue weighted by Gasteiger charge is 2.13. The summed E-state index contributed by atoms with van der Waals surface area (Å²) in [5, 5.41) is 2.80. The Morgan fingerprint density at radius 1 is 1.50 bits per heavy atom. The summed E-state index contributed by atoms with van der Waals surface area (Å²) in [6.45, 7) is 2.73. The normalized spacial score (nSPS) is 11.4. The number of ether oxygens (including phenoxy) is 2. The third-order valence-corrected chi connectivity index (χ3v) is 3.02. The van der Waals surface area contributed by atoms with Crippen LogP contribution in [0.4, 0.5) is 5.69 Å². The fourth-order valence-electron chi connectivity index (χ4n) is 1.55. The maximum Gasteiger partial charge on any atom is 0.227 e. The highest BCUT2D eigenvalue weighted by Crippen LogP contribution is 2.28. The summed E-state index contributed by atoms with van der Waals surface area (Å²) < 4.78 is 11.4. The number of amides is 1. The number of hydrogen-bond acceptors (Lipinski definition) is 4. The SMILES string of the molecule is CCOc1cc(Br)ccc1NC(=O)CC(CN)OC.Cl. The second-order valence-corrected chi connectivity index (χ2v) is 4.83. The Labute approximate surface area is 133 Å². The number of rotatable bonds is 7. The smallest absolute Gasteiger partial charge is 0.227 e. The Bertz CT molecular complexity index is 428. The second kappa shape index (κ2) is 9.99. The number of carbonyl (C=O) groups excluding carboxylic acids is 1. The van der Waals surface area contributed by atoms with E-state index >= 15 is 0 Å². The quantitative estimate of drug-likeness (QED) is 0.777. The summed E-state index contributed by atoms with van der Waals surface area (Å²) in [6, 6.07) is 5.45. The first-order valence-electron chi connectivity index (χ1n) is 6.05. The molecule has 20 heavy (non-hydrogen) atoms. The fourth-order valence-corrected chi connectivity index (χ4v) is 1.89. The standard InChI is InChI=1S/C13H19BrN2O3.ClH/c1-3-19-12-6-9(14)4-5-11(12)16-13(17)7-10(8-15)18-2;/h4-6,10H,3,7-8,15H2,1-2H3,(H,16,17);1H. The van der Waals surface area contributed by atoms with Crippen LogP contribution in [-0.4, -0.2) is 32.3 Å². The molecule has 0 aromatic heterocycles. The summed E-state index contributed by atoms with van der Waals surface area (Å²) in [4.78, 5) is 11.9. The molecule has 3 N–H and O–H groups in total. The Kier molecular flexibility index (Phi) is 9.58. The summed E-state index contributed by atoms with van der Waals surface area (Å²) >= 11 is 3.37. The third kappa shape index (κ3) is 6.09. The van der Waals surface area contributed by atoms with Gasteiger partial charge in [-0.2, -0.15) is 0 Å². The van der Waals surface area contributed by atoms with Crippen LogP contribution in [0.2, 0.25) is 0 Å². The zero-order valence-electron chi connectivity index (χ0n) is 11.5. The first-order valence-corrected chi connectivity index (χ1v) is 6.85. The molecular formula is C13H20BrClN2O3. The Morgan fingerprint density at radius 2 is 2.20 bits per heavy atom. The molecule has 0 radical (unpaired) electrons. The Hall–Kier alpha value is -0.820. The fraction of sp³-hybridized carbons (Fsp3) is 0.462. The lowest BCUT2D eigenvalue weighted by molar-refractivity contribution is -0.118. The van der Waals surface area contributed by atoms with Gasteiger partial charge in [-0.05, 0) is 25.1 Å². The van der Waals surface area contributed by atoms with Crippen molar-refractivity contribution in [3.05, 3.63) is 22.7 Å². The second-order valence-electron chi connectivity index (χ2n) is 3.92. The van der Waals surface area contributed by atoms with E-state index < -0.39 is 0 Å². The molecule has 0 aliphatic rings. The predicted octanol–water partition coefficient (Wildman–Crippen LogP) is 2.57. The van der Waals surface area contributed by atoms with Crippen molar-refractivity contribution >= 4 is 39.9 Å². The van der Waals surface area contributed by atoms with E-state index in [9.17, 15) is 4.79 Å². The first-order chi connectivity index (χ1) is 9.10. The van der Waals surface area contributed by atoms with Gasteiger partial charge < -0.3 is 20.5 Å². The highest BCUT2D eigenvalue weighted by atomic mass is 79.9. The zero-order valence-corrected chi connectivity index (χ0v) is 13.9. The van der Waals surface area contributed by atoms with Gasteiger partial charge in [-0.25, -0.2) is 0 Å². The van der Waals surface area contributed by atoms with Crippen LogP contribution < -0.4 is 15.8 Å². The molecule has 0 bridgehead atoms. The lowest BCUT2D eigenvalue weighted by atomic mass is 10.2. The van der Waals surface area contributed by atoms with Gasteiger partial charge in [0.15, 0.2) is 0 Å². The molecule has 1 unspecified atom stereocenters. The molecule has 7 heteroatoms. The number of carbonyl (C=O) groups is 1. The molecule has 1 aromatic carbocycles. The summed E-state index contributed by atoms with van der Waals surface area (Å²) in [5.41, 5.74) is 6.13. The van der Waals surface area contributed by atoms with Crippen LogP contribution in [-0.2, 0) is 9.53 Å². The van der Waals surface area contributed by atoms with Crippen LogP contribution in [0.25, 0.3) is 0 Å². The minimum Gasteiger partial charge on any atom is -0.492 e. The molecule has 0 saturated heterocycles. The molecule has 114 valence electrons. The number of methoxy groups -OCH3 is 1. The van der Waals surface area contributed by atoms with Crippen molar-refractivity contribution in [2.75, 3.05) is 25.6 Å². The van der Waals surface area contributed by atoms with Gasteiger partial charge in [-0.1, -0.05) is 15.9 Å². The van der Waals surface area contributed by atoms with Crippen LogP contribution in [0.15, 0.2) is 22.7 Å². The van der Waals surface area contributed by atoms with E-state index in [2.05, 4.69) is 21.2 Å². The van der Waals surface area contributed by atoms with Gasteiger partial charge in [0.25, 0.3) is 0 Å². The maximum atomic E-state index is 11.9. The van der Waals surface area contributed by atoms with Gasteiger partial charge >= 0.3 is 0 Å². The third-order valence-electron chi connectivity index (χ3n) is 2.53. The first kappa shape index (κ1) is 19.2. The summed E-state index contributed by atoms with van der Waals surface area (Å²) in [7, 11) is 1.54. The number of nitrogens with two attached hydrogens (primary N) is 1. The molecule has 0 fully saturated rings. The number of anilines is 1. The van der Waals surface area contributed by atoms with Crippen LogP contribution in [0.1, 0.15) is 13.3 Å². The van der Waals surface area contributed by atoms with Crippen LogP contribution >= 0.6 is 28.3 Å². The Balaban J connectivity index is 0.00000361. The lowest BCUT2D eigenvalue weighted by Gasteiger charge is -2.15. The molecule has 0 spiro atoms. The van der Waals surface area contributed by atoms with E-state index in [0.717, 1.165) is 4.47 Å². The van der Waals surface area contributed by atoms with E-state index in [1.807, 2.05) is 19.1 Å². The molecule has 5 nitrogen and oxygen atoms in total. The topological polar surface area (TPSA) is 73.6 Å². The molecule has 0 heterocycles. The molecule has 0 aliphatic heterocycles. The zero-order chi connectivity index (χ0) is 14.3. The molecule has 0 saturated carbocycles. The van der Waals surface area contributed by atoms with E-state index in [1.165, 1.54) is 7.11 Å². The van der Waals surface area contributed by atoms with Gasteiger partial charge in [-0.3, -0.25) is 4.79 Å². The monoisotopic (exact) mass is 366 g/mol. The molecule has 1 atom stereocenters. The van der Waals surface area contributed by atoms with E-state index in [1.54, 1.807) is 6.07 Å². The molecule has 1 rings (SSSR count). The van der Waals surface area contributed by atoms with Gasteiger partial charge in [0.05, 0.1) is 24.8 Å². The summed E-state index contributed by atoms with van der Waals surface area (Å²) in [6.07, 6.45) is -0.0553.